The minimum Gasteiger partial charge on any atom is -0.379 e. The first-order valence-electron chi connectivity index (χ1n) is 11.0. The van der Waals surface area contributed by atoms with E-state index in [-0.39, 0.29) is 23.2 Å². The van der Waals surface area contributed by atoms with Gasteiger partial charge in [-0.15, -0.1) is 10.2 Å². The molecule has 1 saturated heterocycles. The summed E-state index contributed by atoms with van der Waals surface area (Å²) in [6.07, 6.45) is 1.70. The van der Waals surface area contributed by atoms with E-state index in [1.54, 1.807) is 31.3 Å². The zero-order valence-corrected chi connectivity index (χ0v) is 19.1. The summed E-state index contributed by atoms with van der Waals surface area (Å²) >= 11 is 0. The average molecular weight is 464 g/mol. The lowest BCUT2D eigenvalue weighted by Gasteiger charge is -2.34. The molecule has 0 aliphatic carbocycles. The minimum absolute atomic E-state index is 0.0915. The number of amides is 1. The van der Waals surface area contributed by atoms with Crippen molar-refractivity contribution >= 4 is 34.7 Å². The number of benzene rings is 1. The van der Waals surface area contributed by atoms with Gasteiger partial charge in [0, 0.05) is 52.6 Å². The Kier molecular flexibility index (Phi) is 6.95. The van der Waals surface area contributed by atoms with Crippen molar-refractivity contribution < 1.29 is 14.0 Å². The molecule has 9 nitrogen and oxygen atoms in total. The Hall–Kier alpha value is -4.08. The fourth-order valence-corrected chi connectivity index (χ4v) is 3.74. The van der Waals surface area contributed by atoms with Gasteiger partial charge in [0.15, 0.2) is 17.3 Å². The zero-order valence-electron chi connectivity index (χ0n) is 19.1. The maximum absolute atomic E-state index is 13.5. The van der Waals surface area contributed by atoms with Crippen LogP contribution in [-0.4, -0.2) is 58.0 Å². The topological polar surface area (TPSA) is 103 Å². The number of halogens is 1. The van der Waals surface area contributed by atoms with Gasteiger partial charge in [-0.2, -0.15) is 0 Å². The number of pyridine rings is 1. The molecule has 34 heavy (non-hydrogen) atoms. The molecule has 1 aliphatic rings. The predicted octanol–water partition coefficient (Wildman–Crippen LogP) is 3.24. The molecule has 1 aliphatic heterocycles. The van der Waals surface area contributed by atoms with E-state index in [2.05, 4.69) is 30.7 Å². The standard InChI is InChI=1S/C24H26FN7O2/c1-16(33)24-21(26-14-18-4-3-5-19(25)12-18)13-22(29-30-24)28-20-6-7-23(27-15-20)32-10-8-31(9-11-32)17(2)34/h3-7,12-13,15H,8-11,14H2,1-2H3,(H2,26,28,29). The number of nitrogens with zero attached hydrogens (tertiary/aromatic N) is 5. The van der Waals surface area contributed by atoms with E-state index in [0.29, 0.717) is 36.8 Å². The van der Waals surface area contributed by atoms with Crippen LogP contribution in [0.15, 0.2) is 48.7 Å². The van der Waals surface area contributed by atoms with Gasteiger partial charge in [0.25, 0.3) is 0 Å². The van der Waals surface area contributed by atoms with Crippen LogP contribution in [-0.2, 0) is 11.3 Å². The highest BCUT2D eigenvalue weighted by Crippen LogP contribution is 2.22. The van der Waals surface area contributed by atoms with Crippen LogP contribution >= 0.6 is 0 Å². The van der Waals surface area contributed by atoms with Gasteiger partial charge < -0.3 is 20.4 Å². The van der Waals surface area contributed by atoms with Crippen LogP contribution in [0.1, 0.15) is 29.9 Å². The summed E-state index contributed by atoms with van der Waals surface area (Å²) in [7, 11) is 0. The van der Waals surface area contributed by atoms with Crippen LogP contribution in [0.3, 0.4) is 0 Å². The summed E-state index contributed by atoms with van der Waals surface area (Å²) in [6.45, 7) is 6.17. The van der Waals surface area contributed by atoms with Crippen LogP contribution < -0.4 is 15.5 Å². The first-order chi connectivity index (χ1) is 16.4. The molecule has 4 rings (SSSR count). The number of Topliss-reactive ketones (excluding diaryl/α,β-unsaturated/α-hetero) is 1. The molecule has 10 heteroatoms. The fraction of sp³-hybridized carbons (Fsp3) is 0.292. The van der Waals surface area contributed by atoms with E-state index < -0.39 is 0 Å². The van der Waals surface area contributed by atoms with E-state index in [9.17, 15) is 14.0 Å². The largest absolute Gasteiger partial charge is 0.379 e. The van der Waals surface area contributed by atoms with E-state index in [1.165, 1.54) is 19.1 Å². The molecule has 0 saturated carbocycles. The SMILES string of the molecule is CC(=O)c1nnc(Nc2ccc(N3CCN(C(C)=O)CC3)nc2)cc1NCc1cccc(F)c1. The molecule has 3 heterocycles. The van der Waals surface area contributed by atoms with Gasteiger partial charge in [0.1, 0.15) is 11.6 Å². The molecular weight excluding hydrogens is 437 g/mol. The Bertz CT molecular complexity index is 1180. The molecule has 2 N–H and O–H groups in total. The lowest BCUT2D eigenvalue weighted by molar-refractivity contribution is -0.129. The number of anilines is 4. The maximum Gasteiger partial charge on any atom is 0.219 e. The first-order valence-corrected chi connectivity index (χ1v) is 11.0. The van der Waals surface area contributed by atoms with Crippen molar-refractivity contribution in [3.63, 3.8) is 0 Å². The second-order valence-electron chi connectivity index (χ2n) is 8.05. The fourth-order valence-electron chi connectivity index (χ4n) is 3.74. The third-order valence-corrected chi connectivity index (χ3v) is 5.57. The van der Waals surface area contributed by atoms with Crippen LogP contribution in [0.2, 0.25) is 0 Å². The molecule has 1 amide bonds. The number of hydrogen-bond donors (Lipinski definition) is 2. The van der Waals surface area contributed by atoms with Gasteiger partial charge in [0.2, 0.25) is 5.91 Å². The molecule has 0 radical (unpaired) electrons. The van der Waals surface area contributed by atoms with Crippen LogP contribution in [0.4, 0.5) is 27.4 Å². The minimum atomic E-state index is -0.321. The van der Waals surface area contributed by atoms with Gasteiger partial charge in [0.05, 0.1) is 17.6 Å². The highest BCUT2D eigenvalue weighted by Gasteiger charge is 2.19. The Labute approximate surface area is 197 Å². The molecule has 3 aromatic rings. The number of rotatable bonds is 7. The Morgan fingerprint density at radius 2 is 1.82 bits per heavy atom. The molecule has 1 aromatic carbocycles. The molecule has 2 aromatic heterocycles. The summed E-state index contributed by atoms with van der Waals surface area (Å²) in [4.78, 5) is 32.0. The van der Waals surface area contributed by atoms with Crippen molar-refractivity contribution in [2.75, 3.05) is 41.7 Å². The normalized spacial score (nSPS) is 13.5. The van der Waals surface area contributed by atoms with Crippen molar-refractivity contribution in [2.45, 2.75) is 20.4 Å². The van der Waals surface area contributed by atoms with Crippen molar-refractivity contribution in [3.8, 4) is 0 Å². The Morgan fingerprint density at radius 3 is 2.47 bits per heavy atom. The third-order valence-electron chi connectivity index (χ3n) is 5.57. The van der Waals surface area contributed by atoms with E-state index in [4.69, 9.17) is 0 Å². The predicted molar refractivity (Wildman–Crippen MR) is 128 cm³/mol. The van der Waals surface area contributed by atoms with Crippen molar-refractivity contribution in [3.05, 3.63) is 65.7 Å². The average Bonchev–Trinajstić information content (AvgIpc) is 2.83. The number of carbonyl (C=O) groups excluding carboxylic acids is 2. The quantitative estimate of drug-likeness (QED) is 0.515. The van der Waals surface area contributed by atoms with Gasteiger partial charge in [-0.25, -0.2) is 9.37 Å². The maximum atomic E-state index is 13.5. The number of hydrogen-bond acceptors (Lipinski definition) is 8. The van der Waals surface area contributed by atoms with Crippen LogP contribution in [0, 0.1) is 5.82 Å². The van der Waals surface area contributed by atoms with Crippen LogP contribution in [0.5, 0.6) is 0 Å². The van der Waals surface area contributed by atoms with Crippen molar-refractivity contribution in [2.24, 2.45) is 0 Å². The highest BCUT2D eigenvalue weighted by molar-refractivity contribution is 5.97. The second-order valence-corrected chi connectivity index (χ2v) is 8.05. The summed E-state index contributed by atoms with van der Waals surface area (Å²) < 4.78 is 13.5. The lowest BCUT2D eigenvalue weighted by atomic mass is 10.2. The summed E-state index contributed by atoms with van der Waals surface area (Å²) in [6, 6.07) is 11.7. The zero-order chi connectivity index (χ0) is 24.1. The molecule has 0 unspecified atom stereocenters. The molecule has 0 bridgehead atoms. The van der Waals surface area contributed by atoms with Crippen LogP contribution in [0.25, 0.3) is 0 Å². The van der Waals surface area contributed by atoms with E-state index in [1.807, 2.05) is 17.0 Å². The number of ketones is 1. The molecule has 176 valence electrons. The van der Waals surface area contributed by atoms with E-state index in [0.717, 1.165) is 24.5 Å². The Balaban J connectivity index is 1.43. The summed E-state index contributed by atoms with van der Waals surface area (Å²) in [5.41, 5.74) is 2.17. The van der Waals surface area contributed by atoms with Gasteiger partial charge in [-0.05, 0) is 29.8 Å². The number of carbonyl (C=O) groups is 2. The molecule has 0 atom stereocenters. The summed E-state index contributed by atoms with van der Waals surface area (Å²) in [5.74, 6) is 0.823. The number of aromatic nitrogens is 3. The van der Waals surface area contributed by atoms with Crippen molar-refractivity contribution in [1.29, 1.82) is 0 Å². The molecular formula is C24H26FN7O2. The lowest BCUT2D eigenvalue weighted by Crippen LogP contribution is -2.48. The third kappa shape index (κ3) is 5.64. The van der Waals surface area contributed by atoms with E-state index >= 15 is 0 Å². The highest BCUT2D eigenvalue weighted by atomic mass is 19.1. The molecule has 0 spiro atoms. The smallest absolute Gasteiger partial charge is 0.219 e. The molecule has 1 fully saturated rings. The number of nitrogens with one attached hydrogen (secondary N) is 2. The second kappa shape index (κ2) is 10.2. The van der Waals surface area contributed by atoms with Gasteiger partial charge in [-0.1, -0.05) is 12.1 Å². The van der Waals surface area contributed by atoms with Gasteiger partial charge >= 0.3 is 0 Å². The monoisotopic (exact) mass is 463 g/mol. The van der Waals surface area contributed by atoms with Gasteiger partial charge in [-0.3, -0.25) is 9.59 Å². The van der Waals surface area contributed by atoms with Crippen molar-refractivity contribution in [1.82, 2.24) is 20.1 Å². The first kappa shape index (κ1) is 23.1. The summed E-state index contributed by atoms with van der Waals surface area (Å²) in [5, 5.41) is 14.5. The number of piperazine rings is 1. The Morgan fingerprint density at radius 1 is 1.03 bits per heavy atom.